The van der Waals surface area contributed by atoms with Gasteiger partial charge >= 0.3 is 18.0 Å². The summed E-state index contributed by atoms with van der Waals surface area (Å²) < 4.78 is 4.59. The molecule has 2 N–H and O–H groups in total. The van der Waals surface area contributed by atoms with Crippen LogP contribution in [0.1, 0.15) is 29.3 Å². The maximum atomic E-state index is 12.6. The second-order valence-electron chi connectivity index (χ2n) is 6.63. The van der Waals surface area contributed by atoms with Gasteiger partial charge in [-0.2, -0.15) is 0 Å². The molecule has 146 valence electrons. The highest BCUT2D eigenvalue weighted by Gasteiger charge is 2.32. The van der Waals surface area contributed by atoms with Gasteiger partial charge < -0.3 is 20.1 Å². The second kappa shape index (κ2) is 8.02. The number of likely N-dealkylation sites (tertiary alicyclic amines) is 1. The number of rotatable bonds is 4. The summed E-state index contributed by atoms with van der Waals surface area (Å²) in [5, 5.41) is 23.0. The summed E-state index contributed by atoms with van der Waals surface area (Å²) >= 11 is 0. The maximum Gasteiger partial charge on any atom is 0.338 e. The van der Waals surface area contributed by atoms with Gasteiger partial charge in [-0.05, 0) is 25.3 Å². The molecule has 10 heteroatoms. The van der Waals surface area contributed by atoms with Crippen molar-refractivity contribution in [1.29, 1.82) is 0 Å². The molecule has 2 atom stereocenters. The van der Waals surface area contributed by atoms with Gasteiger partial charge in [-0.15, -0.1) is 0 Å². The lowest BCUT2D eigenvalue weighted by molar-refractivity contribution is -0.385. The van der Waals surface area contributed by atoms with Gasteiger partial charge in [0, 0.05) is 19.2 Å². The Morgan fingerprint density at radius 3 is 2.56 bits per heavy atom. The van der Waals surface area contributed by atoms with Crippen LogP contribution in [0.5, 0.6) is 0 Å². The average Bonchev–Trinajstić information content (AvgIpc) is 2.61. The van der Waals surface area contributed by atoms with Crippen molar-refractivity contribution in [2.24, 2.45) is 11.8 Å². The highest BCUT2D eigenvalue weighted by Crippen LogP contribution is 2.29. The molecule has 0 spiro atoms. The first-order chi connectivity index (χ1) is 12.6. The lowest BCUT2D eigenvalue weighted by Gasteiger charge is -2.34. The second-order valence-corrected chi connectivity index (χ2v) is 6.63. The number of nitrogens with zero attached hydrogens (tertiary/aromatic N) is 2. The van der Waals surface area contributed by atoms with Crippen molar-refractivity contribution in [2.75, 3.05) is 25.5 Å². The molecule has 2 rings (SSSR count). The van der Waals surface area contributed by atoms with Crippen LogP contribution in [0.25, 0.3) is 0 Å². The highest BCUT2D eigenvalue weighted by atomic mass is 16.6. The molecule has 1 aromatic carbocycles. The summed E-state index contributed by atoms with van der Waals surface area (Å²) in [4.78, 5) is 47.6. The van der Waals surface area contributed by atoms with Crippen LogP contribution in [0, 0.1) is 28.9 Å². The smallest absolute Gasteiger partial charge is 0.338 e. The number of aliphatic carboxylic acids is 1. The number of ether oxygens (including phenoxy) is 1. The topological polar surface area (TPSA) is 139 Å². The van der Waals surface area contributed by atoms with E-state index in [4.69, 9.17) is 0 Å². The summed E-state index contributed by atoms with van der Waals surface area (Å²) in [6, 6.07) is 1.81. The first-order valence-corrected chi connectivity index (χ1v) is 8.30. The molecule has 1 aliphatic rings. The third kappa shape index (κ3) is 4.52. The SMILES string of the molecule is COC(=O)c1cc(NC(=O)N2CC(C)CC(C(=O)O)C2)c(C)c([N+](=O)[O-])c1. The molecule has 1 fully saturated rings. The fourth-order valence-corrected chi connectivity index (χ4v) is 3.14. The Morgan fingerprint density at radius 2 is 2.00 bits per heavy atom. The van der Waals surface area contributed by atoms with E-state index in [1.165, 1.54) is 17.9 Å². The lowest BCUT2D eigenvalue weighted by Crippen LogP contribution is -2.47. The van der Waals surface area contributed by atoms with E-state index in [2.05, 4.69) is 10.1 Å². The largest absolute Gasteiger partial charge is 0.481 e. The molecule has 1 aliphatic heterocycles. The number of hydrogen-bond donors (Lipinski definition) is 2. The number of hydrogen-bond acceptors (Lipinski definition) is 6. The van der Waals surface area contributed by atoms with E-state index in [0.29, 0.717) is 13.0 Å². The van der Waals surface area contributed by atoms with E-state index in [9.17, 15) is 29.6 Å². The molecule has 2 unspecified atom stereocenters. The molecule has 27 heavy (non-hydrogen) atoms. The Balaban J connectivity index is 2.31. The Morgan fingerprint density at radius 1 is 1.33 bits per heavy atom. The summed E-state index contributed by atoms with van der Waals surface area (Å²) in [5.41, 5.74) is -0.121. The van der Waals surface area contributed by atoms with Crippen molar-refractivity contribution in [2.45, 2.75) is 20.3 Å². The lowest BCUT2D eigenvalue weighted by atomic mass is 9.91. The predicted molar refractivity (Wildman–Crippen MR) is 94.7 cm³/mol. The number of carboxylic acid groups (broad SMARTS) is 1. The normalized spacial score (nSPS) is 19.3. The minimum atomic E-state index is -0.973. The van der Waals surface area contributed by atoms with E-state index < -0.39 is 28.8 Å². The third-order valence-corrected chi connectivity index (χ3v) is 4.54. The fraction of sp³-hybridized carbons (Fsp3) is 0.471. The Labute approximate surface area is 155 Å². The fourth-order valence-electron chi connectivity index (χ4n) is 3.14. The average molecular weight is 379 g/mol. The number of piperidine rings is 1. The number of carbonyl (C=O) groups excluding carboxylic acids is 2. The van der Waals surface area contributed by atoms with Crippen LogP contribution in [0.15, 0.2) is 12.1 Å². The number of methoxy groups -OCH3 is 1. The van der Waals surface area contributed by atoms with Crippen LogP contribution < -0.4 is 5.32 Å². The quantitative estimate of drug-likeness (QED) is 0.464. The van der Waals surface area contributed by atoms with Crippen LogP contribution in [-0.2, 0) is 9.53 Å². The number of esters is 1. The van der Waals surface area contributed by atoms with E-state index in [-0.39, 0.29) is 35.0 Å². The van der Waals surface area contributed by atoms with Gasteiger partial charge in [-0.25, -0.2) is 9.59 Å². The number of carboxylic acids is 1. The molecule has 0 aromatic heterocycles. The summed E-state index contributed by atoms with van der Waals surface area (Å²) in [7, 11) is 1.15. The van der Waals surface area contributed by atoms with Crippen molar-refractivity contribution in [3.05, 3.63) is 33.4 Å². The zero-order valence-corrected chi connectivity index (χ0v) is 15.2. The molecule has 0 saturated carbocycles. The molecular weight excluding hydrogens is 358 g/mol. The molecule has 2 amide bonds. The molecule has 0 radical (unpaired) electrons. The van der Waals surface area contributed by atoms with Gasteiger partial charge in [-0.3, -0.25) is 14.9 Å². The number of amides is 2. The van der Waals surface area contributed by atoms with Crippen LogP contribution in [-0.4, -0.2) is 53.1 Å². The number of carbonyl (C=O) groups is 3. The van der Waals surface area contributed by atoms with Crippen molar-refractivity contribution < 1.29 is 29.2 Å². The van der Waals surface area contributed by atoms with Gasteiger partial charge in [0.25, 0.3) is 5.69 Å². The third-order valence-electron chi connectivity index (χ3n) is 4.54. The minimum Gasteiger partial charge on any atom is -0.481 e. The Kier molecular flexibility index (Phi) is 5.98. The predicted octanol–water partition coefficient (Wildman–Crippen LogP) is 2.26. The summed E-state index contributed by atoms with van der Waals surface area (Å²) in [6.45, 7) is 3.72. The Hall–Kier alpha value is -3.17. The molecule has 1 saturated heterocycles. The van der Waals surface area contributed by atoms with Gasteiger partial charge in [0.15, 0.2) is 0 Å². The van der Waals surface area contributed by atoms with Crippen molar-refractivity contribution >= 4 is 29.3 Å². The Bertz CT molecular complexity index is 793. The van der Waals surface area contributed by atoms with Crippen LogP contribution in [0.4, 0.5) is 16.2 Å². The first kappa shape index (κ1) is 20.1. The summed E-state index contributed by atoms with van der Waals surface area (Å²) in [5.74, 6) is -2.41. The zero-order chi connectivity index (χ0) is 20.3. The van der Waals surface area contributed by atoms with Crippen molar-refractivity contribution in [1.82, 2.24) is 4.90 Å². The molecule has 1 heterocycles. The molecule has 0 bridgehead atoms. The first-order valence-electron chi connectivity index (χ1n) is 8.30. The number of nitro benzene ring substituents is 1. The van der Waals surface area contributed by atoms with Crippen molar-refractivity contribution in [3.63, 3.8) is 0 Å². The number of nitrogens with one attached hydrogen (secondary N) is 1. The summed E-state index contributed by atoms with van der Waals surface area (Å²) in [6.07, 6.45) is 0.474. The monoisotopic (exact) mass is 379 g/mol. The van der Waals surface area contributed by atoms with Gasteiger partial charge in [0.2, 0.25) is 0 Å². The standard InChI is InChI=1S/C17H21N3O7/c1-9-4-12(15(21)22)8-19(7-9)17(24)18-13-5-11(16(23)27-3)6-14(10(13)2)20(25)26/h5-6,9,12H,4,7-8H2,1-3H3,(H,18,24)(H,21,22). The molecule has 10 nitrogen and oxygen atoms in total. The van der Waals surface area contributed by atoms with E-state index in [1.54, 1.807) is 0 Å². The van der Waals surface area contributed by atoms with Crippen LogP contribution >= 0.6 is 0 Å². The molecule has 1 aromatic rings. The van der Waals surface area contributed by atoms with Crippen LogP contribution in [0.3, 0.4) is 0 Å². The number of anilines is 1. The van der Waals surface area contributed by atoms with E-state index in [1.807, 2.05) is 6.92 Å². The number of urea groups is 1. The number of benzene rings is 1. The van der Waals surface area contributed by atoms with Crippen molar-refractivity contribution in [3.8, 4) is 0 Å². The minimum absolute atomic E-state index is 0.00226. The number of nitro groups is 1. The van der Waals surface area contributed by atoms with Gasteiger partial charge in [0.1, 0.15) is 0 Å². The maximum absolute atomic E-state index is 12.6. The zero-order valence-electron chi connectivity index (χ0n) is 15.2. The molecule has 0 aliphatic carbocycles. The van der Waals surface area contributed by atoms with Gasteiger partial charge in [0.05, 0.1) is 34.8 Å². The van der Waals surface area contributed by atoms with E-state index in [0.717, 1.165) is 13.2 Å². The van der Waals surface area contributed by atoms with E-state index >= 15 is 0 Å². The highest BCUT2D eigenvalue weighted by molar-refractivity contribution is 5.96. The van der Waals surface area contributed by atoms with Crippen LogP contribution in [0.2, 0.25) is 0 Å². The van der Waals surface area contributed by atoms with Gasteiger partial charge in [-0.1, -0.05) is 6.92 Å². The molecular formula is C17H21N3O7.